The normalized spacial score (nSPS) is 21.7. The molecule has 0 radical (unpaired) electrons. The Morgan fingerprint density at radius 2 is 2.36 bits per heavy atom. The molecule has 1 atom stereocenters. The van der Waals surface area contributed by atoms with Crippen LogP contribution in [0.25, 0.3) is 0 Å². The Morgan fingerprint density at radius 3 is 2.79 bits per heavy atom. The lowest BCUT2D eigenvalue weighted by atomic mass is 10.5. The smallest absolute Gasteiger partial charge is 0.323 e. The van der Waals surface area contributed by atoms with Crippen molar-refractivity contribution in [3.05, 3.63) is 0 Å². The Balaban J connectivity index is 2.45. The third-order valence-electron chi connectivity index (χ3n) is 1.82. The van der Waals surface area contributed by atoms with Crippen molar-refractivity contribution in [3.63, 3.8) is 0 Å². The molecule has 0 bridgehead atoms. The summed E-state index contributed by atoms with van der Waals surface area (Å²) in [5.74, 6) is 0.646. The highest BCUT2D eigenvalue weighted by Crippen LogP contribution is 2.20. The maximum absolute atomic E-state index is 11.0. The fraction of sp³-hybridized carbons (Fsp3) is 0.750. The van der Waals surface area contributed by atoms with Crippen LogP contribution in [0.5, 0.6) is 0 Å². The van der Waals surface area contributed by atoms with Gasteiger partial charge in [-0.15, -0.1) is 11.8 Å². The Bertz CT molecular complexity index is 217. The zero-order valence-corrected chi connectivity index (χ0v) is 9.44. The van der Waals surface area contributed by atoms with Gasteiger partial charge < -0.3 is 4.74 Å². The van der Waals surface area contributed by atoms with Crippen LogP contribution in [0.2, 0.25) is 0 Å². The average Bonchev–Trinajstić information content (AvgIpc) is 2.15. The SMILES string of the molecule is CC(=O)N(CC1OCCCS1)C(=O)Cl. The van der Waals surface area contributed by atoms with Crippen LogP contribution in [0.3, 0.4) is 0 Å². The van der Waals surface area contributed by atoms with Crippen LogP contribution in [0.1, 0.15) is 13.3 Å². The molecule has 80 valence electrons. The minimum atomic E-state index is -0.743. The number of hydrogen-bond donors (Lipinski definition) is 0. The number of hydrogen-bond acceptors (Lipinski definition) is 4. The molecule has 0 spiro atoms. The molecular weight excluding hydrogens is 226 g/mol. The summed E-state index contributed by atoms with van der Waals surface area (Å²) in [4.78, 5) is 22.9. The number of rotatable bonds is 2. The van der Waals surface area contributed by atoms with Crippen molar-refractivity contribution < 1.29 is 14.3 Å². The van der Waals surface area contributed by atoms with Gasteiger partial charge in [0.2, 0.25) is 5.91 Å². The molecule has 14 heavy (non-hydrogen) atoms. The maximum Gasteiger partial charge on any atom is 0.323 e. The predicted octanol–water partition coefficient (Wildman–Crippen LogP) is 1.67. The molecule has 1 rings (SSSR count). The molecule has 0 aliphatic carbocycles. The molecule has 0 aromatic carbocycles. The number of nitrogens with zero attached hydrogens (tertiary/aromatic N) is 1. The summed E-state index contributed by atoms with van der Waals surface area (Å²) in [7, 11) is 0. The van der Waals surface area contributed by atoms with Crippen LogP contribution < -0.4 is 0 Å². The standard InChI is InChI=1S/C8H12ClNO3S/c1-6(11)10(8(9)12)5-7-13-3-2-4-14-7/h7H,2-5H2,1H3. The highest BCUT2D eigenvalue weighted by atomic mass is 35.5. The molecule has 1 aliphatic rings. The summed E-state index contributed by atoms with van der Waals surface area (Å²) in [6, 6.07) is 0. The molecule has 2 amide bonds. The van der Waals surface area contributed by atoms with Gasteiger partial charge in [0.05, 0.1) is 6.54 Å². The van der Waals surface area contributed by atoms with E-state index in [-0.39, 0.29) is 17.9 Å². The van der Waals surface area contributed by atoms with E-state index >= 15 is 0 Å². The summed E-state index contributed by atoms with van der Waals surface area (Å²) in [5.41, 5.74) is -0.129. The van der Waals surface area contributed by atoms with E-state index < -0.39 is 5.37 Å². The van der Waals surface area contributed by atoms with Gasteiger partial charge in [0.1, 0.15) is 5.44 Å². The summed E-state index contributed by atoms with van der Waals surface area (Å²) in [6.07, 6.45) is 1.01. The lowest BCUT2D eigenvalue weighted by molar-refractivity contribution is -0.126. The lowest BCUT2D eigenvalue weighted by Gasteiger charge is -2.26. The van der Waals surface area contributed by atoms with Gasteiger partial charge in [0.25, 0.3) is 0 Å². The molecule has 1 fully saturated rings. The van der Waals surface area contributed by atoms with Crippen molar-refractivity contribution in [1.29, 1.82) is 0 Å². The monoisotopic (exact) mass is 237 g/mol. The Labute approximate surface area is 91.9 Å². The van der Waals surface area contributed by atoms with Crippen LogP contribution in [0, 0.1) is 0 Å². The maximum atomic E-state index is 11.0. The average molecular weight is 238 g/mol. The molecule has 1 aliphatic heterocycles. The van der Waals surface area contributed by atoms with Crippen molar-refractivity contribution in [1.82, 2.24) is 4.90 Å². The number of carbonyl (C=O) groups is 2. The Hall–Kier alpha value is -0.260. The van der Waals surface area contributed by atoms with E-state index in [2.05, 4.69) is 0 Å². The van der Waals surface area contributed by atoms with E-state index in [0.717, 1.165) is 17.1 Å². The molecule has 6 heteroatoms. The third-order valence-corrected chi connectivity index (χ3v) is 3.21. The van der Waals surface area contributed by atoms with Crippen molar-refractivity contribution >= 4 is 34.6 Å². The van der Waals surface area contributed by atoms with Crippen LogP contribution in [0.4, 0.5) is 4.79 Å². The molecule has 1 saturated heterocycles. The van der Waals surface area contributed by atoms with Crippen LogP contribution >= 0.6 is 23.4 Å². The minimum absolute atomic E-state index is 0.129. The van der Waals surface area contributed by atoms with Crippen molar-refractivity contribution in [2.24, 2.45) is 0 Å². The zero-order chi connectivity index (χ0) is 10.6. The van der Waals surface area contributed by atoms with Gasteiger partial charge >= 0.3 is 5.37 Å². The van der Waals surface area contributed by atoms with Crippen molar-refractivity contribution in [2.45, 2.75) is 18.8 Å². The highest BCUT2D eigenvalue weighted by Gasteiger charge is 2.23. The van der Waals surface area contributed by atoms with E-state index in [4.69, 9.17) is 16.3 Å². The van der Waals surface area contributed by atoms with Crippen LogP contribution in [0.15, 0.2) is 0 Å². The minimum Gasteiger partial charge on any atom is -0.366 e. The largest absolute Gasteiger partial charge is 0.366 e. The Kier molecular flexibility index (Phi) is 4.71. The van der Waals surface area contributed by atoms with Gasteiger partial charge in [-0.1, -0.05) is 0 Å². The van der Waals surface area contributed by atoms with E-state index in [1.807, 2.05) is 0 Å². The van der Waals surface area contributed by atoms with Crippen molar-refractivity contribution in [2.75, 3.05) is 18.9 Å². The molecule has 0 N–H and O–H groups in total. The summed E-state index contributed by atoms with van der Waals surface area (Å²) in [6.45, 7) is 2.23. The summed E-state index contributed by atoms with van der Waals surface area (Å²) < 4.78 is 5.37. The number of thioether (sulfide) groups is 1. The van der Waals surface area contributed by atoms with E-state index in [1.165, 1.54) is 6.92 Å². The van der Waals surface area contributed by atoms with Gasteiger partial charge in [0, 0.05) is 13.5 Å². The lowest BCUT2D eigenvalue weighted by Crippen LogP contribution is -2.38. The molecule has 0 aromatic rings. The third kappa shape index (κ3) is 3.48. The van der Waals surface area contributed by atoms with Gasteiger partial charge in [-0.05, 0) is 23.8 Å². The fourth-order valence-electron chi connectivity index (χ4n) is 1.12. The number of amides is 2. The first-order chi connectivity index (χ1) is 6.61. The van der Waals surface area contributed by atoms with Gasteiger partial charge in [-0.25, -0.2) is 0 Å². The quantitative estimate of drug-likeness (QED) is 0.542. The Morgan fingerprint density at radius 1 is 1.64 bits per heavy atom. The molecule has 1 heterocycles. The first kappa shape index (κ1) is 11.8. The topological polar surface area (TPSA) is 46.6 Å². The molecular formula is C8H12ClNO3S. The molecule has 4 nitrogen and oxygen atoms in total. The second kappa shape index (κ2) is 5.58. The second-order valence-electron chi connectivity index (χ2n) is 2.91. The number of halogens is 1. The second-order valence-corrected chi connectivity index (χ2v) is 4.50. The first-order valence-electron chi connectivity index (χ1n) is 4.32. The van der Waals surface area contributed by atoms with Crippen LogP contribution in [-0.2, 0) is 9.53 Å². The predicted molar refractivity (Wildman–Crippen MR) is 55.5 cm³/mol. The van der Waals surface area contributed by atoms with E-state index in [9.17, 15) is 9.59 Å². The van der Waals surface area contributed by atoms with E-state index in [0.29, 0.717) is 6.61 Å². The van der Waals surface area contributed by atoms with Crippen molar-refractivity contribution in [3.8, 4) is 0 Å². The first-order valence-corrected chi connectivity index (χ1v) is 5.74. The molecule has 0 aromatic heterocycles. The zero-order valence-electron chi connectivity index (χ0n) is 7.86. The number of carbonyl (C=O) groups excluding carboxylic acids is 2. The van der Waals surface area contributed by atoms with Crippen LogP contribution in [-0.4, -0.2) is 40.5 Å². The fourth-order valence-corrected chi connectivity index (χ4v) is 2.30. The number of ether oxygens (including phenoxy) is 1. The van der Waals surface area contributed by atoms with Gasteiger partial charge in [-0.2, -0.15) is 0 Å². The summed E-state index contributed by atoms with van der Waals surface area (Å²) >= 11 is 6.86. The number of imide groups is 1. The highest BCUT2D eigenvalue weighted by molar-refractivity contribution is 7.99. The van der Waals surface area contributed by atoms with Gasteiger partial charge in [0.15, 0.2) is 0 Å². The van der Waals surface area contributed by atoms with Gasteiger partial charge in [-0.3, -0.25) is 14.5 Å². The summed E-state index contributed by atoms with van der Waals surface area (Å²) in [5, 5.41) is -0.743. The molecule has 1 unspecified atom stereocenters. The van der Waals surface area contributed by atoms with E-state index in [1.54, 1.807) is 11.8 Å². The molecule has 0 saturated carbocycles.